The van der Waals surface area contributed by atoms with Gasteiger partial charge in [-0.1, -0.05) is 0 Å². The zero-order chi connectivity index (χ0) is 54.3. The van der Waals surface area contributed by atoms with E-state index in [2.05, 4.69) is 10.6 Å². The summed E-state index contributed by atoms with van der Waals surface area (Å²) in [4.78, 5) is 25.2. The van der Waals surface area contributed by atoms with Crippen LogP contribution in [0.15, 0.2) is 0 Å². The molecule has 5 saturated heterocycles. The van der Waals surface area contributed by atoms with Gasteiger partial charge in [0.05, 0.1) is 46.2 Å². The Morgan fingerprint density at radius 3 is 1.26 bits per heavy atom. The third kappa shape index (κ3) is 13.9. The van der Waals surface area contributed by atoms with E-state index >= 15 is 0 Å². The molecule has 73 heavy (non-hydrogen) atoms. The van der Waals surface area contributed by atoms with Gasteiger partial charge >= 0.3 is 0 Å². The number of amides is 2. The quantitative estimate of drug-likeness (QED) is 0.0479. The van der Waals surface area contributed by atoms with Crippen molar-refractivity contribution in [1.82, 2.24) is 10.6 Å². The summed E-state index contributed by atoms with van der Waals surface area (Å²) in [7, 11) is 0. The molecule has 33 heteroatoms. The van der Waals surface area contributed by atoms with E-state index in [1.54, 1.807) is 0 Å². The lowest BCUT2D eigenvalue weighted by molar-refractivity contribution is -0.383. The van der Waals surface area contributed by atoms with Gasteiger partial charge in [-0.3, -0.25) is 9.59 Å². The molecule has 0 bridgehead atoms. The Bertz CT molecular complexity index is 1700. The van der Waals surface area contributed by atoms with E-state index in [9.17, 15) is 107 Å². The fraction of sp³-hybridized carbons (Fsp3) is 0.950. The summed E-state index contributed by atoms with van der Waals surface area (Å²) in [5, 5.41) is 205. The van der Waals surface area contributed by atoms with Gasteiger partial charge in [-0.25, -0.2) is 0 Å². The minimum atomic E-state index is -2.24. The van der Waals surface area contributed by atoms with Crippen molar-refractivity contribution < 1.29 is 154 Å². The summed E-state index contributed by atoms with van der Waals surface area (Å²) in [6.07, 6.45) is -52.8. The fourth-order valence-corrected chi connectivity index (χ4v) is 8.91. The van der Waals surface area contributed by atoms with Crippen LogP contribution in [0.4, 0.5) is 0 Å². The lowest BCUT2D eigenvalue weighted by Gasteiger charge is -2.51. The first-order valence-electron chi connectivity index (χ1n) is 23.0. The topological polar surface area (TPSA) is 535 Å². The SMILES string of the molecule is CC(=O)N[C@H]1[C@@H](O[C@H]2[C@@H](O)[C@@H](CO)O[C@@H](O[C@@H]([C@H](O)[C@@H](O)CO)[C@H](O)CO)[C@@H]2O)O[C@H](CO)[C@@H](O[C@@H]2O[C@H](CO)[C@H](O)[C@H](O[C@H]3O[C@H](CO)[C@@H](O)[C@H](O[C@H]4O[C@H](CO)[C@H](O)[C@H](O)[C@H]4O)[C@H]3NC(C)=O)[C@H]2O)[C@@H]1O. The van der Waals surface area contributed by atoms with Gasteiger partial charge in [-0.05, 0) is 0 Å². The third-order valence-electron chi connectivity index (χ3n) is 12.9. The van der Waals surface area contributed by atoms with Crippen LogP contribution in [0.25, 0.3) is 0 Å². The number of carbonyl (C=O) groups is 2. The zero-order valence-electron chi connectivity index (χ0n) is 39.1. The summed E-state index contributed by atoms with van der Waals surface area (Å²) < 4.78 is 57.1. The molecule has 0 unspecified atom stereocenters. The van der Waals surface area contributed by atoms with E-state index in [0.29, 0.717) is 0 Å². The van der Waals surface area contributed by atoms with Crippen LogP contribution in [0.3, 0.4) is 0 Å². The summed E-state index contributed by atoms with van der Waals surface area (Å²) in [5.74, 6) is -1.72. The maximum atomic E-state index is 12.6. The lowest BCUT2D eigenvalue weighted by Crippen LogP contribution is -2.71. The minimum Gasteiger partial charge on any atom is -0.394 e. The Labute approximate surface area is 414 Å². The van der Waals surface area contributed by atoms with Crippen molar-refractivity contribution in [3.05, 3.63) is 0 Å². The molecule has 21 N–H and O–H groups in total. The van der Waals surface area contributed by atoms with Gasteiger partial charge in [-0.15, -0.1) is 0 Å². The van der Waals surface area contributed by atoms with Crippen molar-refractivity contribution in [3.63, 3.8) is 0 Å². The molecule has 33 nitrogen and oxygen atoms in total. The van der Waals surface area contributed by atoms with Crippen molar-refractivity contribution in [2.24, 2.45) is 0 Å². The summed E-state index contributed by atoms with van der Waals surface area (Å²) >= 11 is 0. The number of rotatable bonds is 22. The van der Waals surface area contributed by atoms with E-state index < -0.39 is 236 Å². The second kappa shape index (κ2) is 27.4. The van der Waals surface area contributed by atoms with Gasteiger partial charge in [-0.2, -0.15) is 0 Å². The lowest BCUT2D eigenvalue weighted by atomic mass is 9.93. The molecular weight excluding hydrogens is 1000 g/mol. The van der Waals surface area contributed by atoms with Crippen molar-refractivity contribution in [2.75, 3.05) is 46.2 Å². The first kappa shape index (κ1) is 61.6. The van der Waals surface area contributed by atoms with Crippen LogP contribution in [0, 0.1) is 0 Å². The van der Waals surface area contributed by atoms with E-state index in [4.69, 9.17) is 47.4 Å². The van der Waals surface area contributed by atoms with E-state index in [1.807, 2.05) is 0 Å². The predicted octanol–water partition coefficient (Wildman–Crippen LogP) is -14.2. The summed E-state index contributed by atoms with van der Waals surface area (Å²) in [5.41, 5.74) is 0. The molecule has 0 radical (unpaired) electrons. The maximum Gasteiger partial charge on any atom is 0.217 e. The number of hydrogen-bond acceptors (Lipinski definition) is 31. The summed E-state index contributed by atoms with van der Waals surface area (Å²) in [6, 6.07) is -3.56. The molecule has 0 aromatic carbocycles. The highest BCUT2D eigenvalue weighted by atomic mass is 16.8. The number of carbonyl (C=O) groups excluding carboxylic acids is 2. The molecular formula is C40H70N2O31. The zero-order valence-corrected chi connectivity index (χ0v) is 39.1. The average molecular weight is 1070 g/mol. The van der Waals surface area contributed by atoms with Crippen molar-refractivity contribution in [2.45, 2.75) is 192 Å². The molecule has 0 saturated carbocycles. The van der Waals surface area contributed by atoms with Crippen LogP contribution in [0.5, 0.6) is 0 Å². The van der Waals surface area contributed by atoms with Gasteiger partial charge in [0, 0.05) is 13.8 Å². The third-order valence-corrected chi connectivity index (χ3v) is 12.9. The van der Waals surface area contributed by atoms with Crippen LogP contribution in [-0.2, 0) is 57.0 Å². The molecule has 0 aromatic heterocycles. The van der Waals surface area contributed by atoms with Crippen LogP contribution in [-0.4, -0.2) is 333 Å². The number of aliphatic hydroxyl groups excluding tert-OH is 19. The molecule has 0 aliphatic carbocycles. The molecule has 5 heterocycles. The molecule has 5 aliphatic rings. The number of nitrogens with one attached hydrogen (secondary N) is 2. The molecule has 5 rings (SSSR count). The highest BCUT2D eigenvalue weighted by Crippen LogP contribution is 2.36. The highest BCUT2D eigenvalue weighted by Gasteiger charge is 2.58. The maximum absolute atomic E-state index is 12.6. The summed E-state index contributed by atoms with van der Waals surface area (Å²) in [6.45, 7) is -5.20. The van der Waals surface area contributed by atoms with Crippen molar-refractivity contribution in [3.8, 4) is 0 Å². The molecule has 0 aromatic rings. The van der Waals surface area contributed by atoms with Crippen molar-refractivity contribution in [1.29, 1.82) is 0 Å². The average Bonchev–Trinajstić information content (AvgIpc) is 3.36. The van der Waals surface area contributed by atoms with Crippen LogP contribution < -0.4 is 10.6 Å². The largest absolute Gasteiger partial charge is 0.394 e. The van der Waals surface area contributed by atoms with Gasteiger partial charge in [0.25, 0.3) is 0 Å². The molecule has 5 aliphatic heterocycles. The Morgan fingerprint density at radius 2 is 0.781 bits per heavy atom. The van der Waals surface area contributed by atoms with Crippen LogP contribution in [0.1, 0.15) is 13.8 Å². The standard InChI is InChI=1S/C40H70N2O31/c1-10(50)41-19-26(59)32(18(9-49)68-36(19)72-34-24(57)16(7-47)66-39(29(34)62)69-31(13(53)4-44)21(54)12(52)3-43)70-40-30(63)35(25(58)17(8-48)67-40)73-37-20(42-11(2)51)33(23(56)15(6-46)64-37)71-38-28(61)27(60)22(55)14(5-45)65-38/h12-40,43-49,52-63H,3-9H2,1-2H3,(H,41,50)(H,42,51)/t12-,13+,14+,15+,16+,17+,18+,19+,20+,21+,22-,23+,24-,25-,26+,27-,28+,29+,30+,31+,32+,33+,34-,35-,36+,37+,38+,39-,40-/m0/s1. The molecule has 0 spiro atoms. The Balaban J connectivity index is 1.40. The normalized spacial score (nSPS) is 45.2. The highest BCUT2D eigenvalue weighted by molar-refractivity contribution is 5.73. The first-order chi connectivity index (χ1) is 34.5. The monoisotopic (exact) mass is 1070 g/mol. The van der Waals surface area contributed by atoms with E-state index in [0.717, 1.165) is 13.8 Å². The number of ether oxygens (including phenoxy) is 10. The Kier molecular flexibility index (Phi) is 23.1. The van der Waals surface area contributed by atoms with Gasteiger partial charge in [0.15, 0.2) is 31.5 Å². The van der Waals surface area contributed by atoms with Crippen LogP contribution >= 0.6 is 0 Å². The molecule has 29 atom stereocenters. The minimum absolute atomic E-state index is 0.845. The second-order valence-electron chi connectivity index (χ2n) is 18.0. The Hall–Kier alpha value is -2.22. The van der Waals surface area contributed by atoms with Gasteiger partial charge in [0.2, 0.25) is 11.8 Å². The fourth-order valence-electron chi connectivity index (χ4n) is 8.91. The second-order valence-corrected chi connectivity index (χ2v) is 18.0. The van der Waals surface area contributed by atoms with E-state index in [1.165, 1.54) is 0 Å². The van der Waals surface area contributed by atoms with E-state index in [-0.39, 0.29) is 0 Å². The predicted molar refractivity (Wildman–Crippen MR) is 225 cm³/mol. The first-order valence-corrected chi connectivity index (χ1v) is 23.0. The Morgan fingerprint density at radius 1 is 0.411 bits per heavy atom. The van der Waals surface area contributed by atoms with Crippen LogP contribution in [0.2, 0.25) is 0 Å². The molecule has 2 amide bonds. The van der Waals surface area contributed by atoms with Gasteiger partial charge in [0.1, 0.15) is 146 Å². The molecule has 5 fully saturated rings. The number of aliphatic hydroxyl groups is 19. The van der Waals surface area contributed by atoms with Gasteiger partial charge < -0.3 is 155 Å². The number of hydrogen-bond donors (Lipinski definition) is 21. The molecule has 426 valence electrons. The smallest absolute Gasteiger partial charge is 0.217 e. The van der Waals surface area contributed by atoms with Crippen molar-refractivity contribution >= 4 is 11.8 Å².